The number of hydrogen-bond acceptors (Lipinski definition) is 3. The molecule has 1 saturated carbocycles. The first-order chi connectivity index (χ1) is 8.33. The van der Waals surface area contributed by atoms with Gasteiger partial charge in [0, 0.05) is 25.6 Å². The molecule has 0 aliphatic heterocycles. The quantitative estimate of drug-likeness (QED) is 0.813. The number of aliphatic hydroxyl groups excluding tert-OH is 1. The zero-order chi connectivity index (χ0) is 12.1. The monoisotopic (exact) mass is 230 g/mol. The Kier molecular flexibility index (Phi) is 4.13. The fourth-order valence-electron chi connectivity index (χ4n) is 2.01. The minimum absolute atomic E-state index is 0.0983. The van der Waals surface area contributed by atoms with Crippen LogP contribution in [0.3, 0.4) is 0 Å². The van der Waals surface area contributed by atoms with Crippen LogP contribution in [0.5, 0.6) is 0 Å². The van der Waals surface area contributed by atoms with Crippen molar-refractivity contribution < 1.29 is 5.11 Å². The molecule has 0 atom stereocenters. The highest BCUT2D eigenvalue weighted by Crippen LogP contribution is 2.28. The lowest BCUT2D eigenvalue weighted by Gasteiger charge is -2.20. The predicted octanol–water partition coefficient (Wildman–Crippen LogP) is 2.06. The molecule has 0 aromatic heterocycles. The maximum atomic E-state index is 8.98. The van der Waals surface area contributed by atoms with E-state index in [1.807, 2.05) is 12.1 Å². The van der Waals surface area contributed by atoms with Crippen LogP contribution in [0.1, 0.15) is 30.4 Å². The molecule has 1 aromatic carbocycles. The average molecular weight is 230 g/mol. The minimum atomic E-state index is 0.0983. The summed E-state index contributed by atoms with van der Waals surface area (Å²) in [7, 11) is 0. The van der Waals surface area contributed by atoms with E-state index >= 15 is 0 Å². The molecule has 0 spiro atoms. The fourth-order valence-corrected chi connectivity index (χ4v) is 2.01. The van der Waals surface area contributed by atoms with Gasteiger partial charge in [-0.1, -0.05) is 24.3 Å². The molecule has 0 heterocycles. The number of nitrogens with zero attached hydrogens (tertiary/aromatic N) is 2. The van der Waals surface area contributed by atoms with Crippen LogP contribution in [0.15, 0.2) is 24.3 Å². The van der Waals surface area contributed by atoms with E-state index in [1.165, 1.54) is 18.4 Å². The van der Waals surface area contributed by atoms with Gasteiger partial charge < -0.3 is 5.11 Å². The van der Waals surface area contributed by atoms with Crippen molar-refractivity contribution in [2.45, 2.75) is 38.5 Å². The van der Waals surface area contributed by atoms with Crippen LogP contribution >= 0.6 is 0 Å². The lowest BCUT2D eigenvalue weighted by atomic mass is 10.1. The third-order valence-electron chi connectivity index (χ3n) is 3.17. The van der Waals surface area contributed by atoms with E-state index in [9.17, 15) is 0 Å². The number of nitriles is 1. The summed E-state index contributed by atoms with van der Waals surface area (Å²) in [5.74, 6) is 0. The van der Waals surface area contributed by atoms with E-state index < -0.39 is 0 Å². The Morgan fingerprint density at radius 3 is 2.41 bits per heavy atom. The fraction of sp³-hybridized carbons (Fsp3) is 0.500. The largest absolute Gasteiger partial charge is 0.392 e. The SMILES string of the molecule is N#CCCN(Cc1ccc(CO)cc1)C1CC1. The average Bonchev–Trinajstić information content (AvgIpc) is 3.19. The summed E-state index contributed by atoms with van der Waals surface area (Å²) in [4.78, 5) is 2.39. The van der Waals surface area contributed by atoms with Gasteiger partial charge in [-0.2, -0.15) is 5.26 Å². The molecule has 0 amide bonds. The standard InChI is InChI=1S/C14H18N2O/c15-8-1-9-16(14-6-7-14)10-12-2-4-13(11-17)5-3-12/h2-5,14,17H,1,6-7,9-11H2. The Balaban J connectivity index is 1.94. The molecule has 0 radical (unpaired) electrons. The van der Waals surface area contributed by atoms with Crippen LogP contribution < -0.4 is 0 Å². The van der Waals surface area contributed by atoms with E-state index in [2.05, 4.69) is 23.1 Å². The zero-order valence-electron chi connectivity index (χ0n) is 9.97. The zero-order valence-corrected chi connectivity index (χ0v) is 9.97. The van der Waals surface area contributed by atoms with Crippen molar-refractivity contribution in [2.75, 3.05) is 6.54 Å². The molecular formula is C14H18N2O. The van der Waals surface area contributed by atoms with Gasteiger partial charge in [0.2, 0.25) is 0 Å². The molecule has 3 nitrogen and oxygen atoms in total. The maximum absolute atomic E-state index is 8.98. The van der Waals surface area contributed by atoms with Gasteiger partial charge in [-0.15, -0.1) is 0 Å². The third-order valence-corrected chi connectivity index (χ3v) is 3.17. The molecule has 1 aromatic rings. The third kappa shape index (κ3) is 3.55. The summed E-state index contributed by atoms with van der Waals surface area (Å²) in [6, 6.07) is 10.9. The van der Waals surface area contributed by atoms with Crippen LogP contribution in [-0.2, 0) is 13.2 Å². The van der Waals surface area contributed by atoms with Crippen molar-refractivity contribution in [3.05, 3.63) is 35.4 Å². The van der Waals surface area contributed by atoms with Gasteiger partial charge in [0.15, 0.2) is 0 Å². The Morgan fingerprint density at radius 1 is 1.24 bits per heavy atom. The van der Waals surface area contributed by atoms with Gasteiger partial charge in [-0.05, 0) is 24.0 Å². The lowest BCUT2D eigenvalue weighted by molar-refractivity contribution is 0.260. The summed E-state index contributed by atoms with van der Waals surface area (Å²) in [6.45, 7) is 1.88. The Morgan fingerprint density at radius 2 is 1.88 bits per heavy atom. The molecule has 1 fully saturated rings. The van der Waals surface area contributed by atoms with Crippen LogP contribution in [0.25, 0.3) is 0 Å². The number of aliphatic hydroxyl groups is 1. The van der Waals surface area contributed by atoms with Crippen molar-refractivity contribution in [3.63, 3.8) is 0 Å². The van der Waals surface area contributed by atoms with Crippen LogP contribution in [0.2, 0.25) is 0 Å². The summed E-state index contributed by atoms with van der Waals surface area (Å²) >= 11 is 0. The molecule has 1 aliphatic carbocycles. The minimum Gasteiger partial charge on any atom is -0.392 e. The van der Waals surface area contributed by atoms with Gasteiger partial charge in [0.1, 0.15) is 0 Å². The Hall–Kier alpha value is -1.37. The molecule has 1 aliphatic rings. The first-order valence-corrected chi connectivity index (χ1v) is 6.13. The summed E-state index contributed by atoms with van der Waals surface area (Å²) in [6.07, 6.45) is 3.13. The van der Waals surface area contributed by atoms with Crippen molar-refractivity contribution in [1.82, 2.24) is 4.90 Å². The molecule has 0 saturated heterocycles. The molecule has 0 bridgehead atoms. The normalized spacial score (nSPS) is 14.9. The smallest absolute Gasteiger partial charge is 0.0681 e. The Labute approximate surface area is 102 Å². The van der Waals surface area contributed by atoms with Gasteiger partial charge in [-0.3, -0.25) is 4.90 Å². The van der Waals surface area contributed by atoms with Gasteiger partial charge in [0.05, 0.1) is 12.7 Å². The summed E-state index contributed by atoms with van der Waals surface area (Å²) < 4.78 is 0. The maximum Gasteiger partial charge on any atom is 0.0681 e. The van der Waals surface area contributed by atoms with E-state index in [1.54, 1.807) is 0 Å². The summed E-state index contributed by atoms with van der Waals surface area (Å²) in [5.41, 5.74) is 2.20. The Bertz CT molecular complexity index is 390. The molecule has 2 rings (SSSR count). The number of rotatable bonds is 6. The highest BCUT2D eigenvalue weighted by Gasteiger charge is 2.28. The van der Waals surface area contributed by atoms with Gasteiger partial charge in [0.25, 0.3) is 0 Å². The van der Waals surface area contributed by atoms with Crippen molar-refractivity contribution in [1.29, 1.82) is 5.26 Å². The molecule has 3 heteroatoms. The van der Waals surface area contributed by atoms with Gasteiger partial charge in [-0.25, -0.2) is 0 Å². The van der Waals surface area contributed by atoms with Crippen LogP contribution in [0, 0.1) is 11.3 Å². The first-order valence-electron chi connectivity index (χ1n) is 6.13. The molecular weight excluding hydrogens is 212 g/mol. The van der Waals surface area contributed by atoms with Crippen molar-refractivity contribution in [3.8, 4) is 6.07 Å². The van der Waals surface area contributed by atoms with E-state index in [0.717, 1.165) is 18.7 Å². The lowest BCUT2D eigenvalue weighted by Crippen LogP contribution is -2.26. The topological polar surface area (TPSA) is 47.3 Å². The predicted molar refractivity (Wildman–Crippen MR) is 66.0 cm³/mol. The van der Waals surface area contributed by atoms with Crippen LogP contribution in [-0.4, -0.2) is 22.6 Å². The number of hydrogen-bond donors (Lipinski definition) is 1. The van der Waals surface area contributed by atoms with Crippen molar-refractivity contribution >= 4 is 0 Å². The molecule has 0 unspecified atom stereocenters. The molecule has 90 valence electrons. The molecule has 1 N–H and O–H groups in total. The van der Waals surface area contributed by atoms with E-state index in [0.29, 0.717) is 12.5 Å². The summed E-state index contributed by atoms with van der Waals surface area (Å²) in [5, 5.41) is 17.6. The number of benzene rings is 1. The van der Waals surface area contributed by atoms with Crippen LogP contribution in [0.4, 0.5) is 0 Å². The highest BCUT2D eigenvalue weighted by molar-refractivity contribution is 5.22. The second-order valence-electron chi connectivity index (χ2n) is 4.58. The van der Waals surface area contributed by atoms with Crippen molar-refractivity contribution in [2.24, 2.45) is 0 Å². The van der Waals surface area contributed by atoms with E-state index in [-0.39, 0.29) is 6.61 Å². The van der Waals surface area contributed by atoms with Gasteiger partial charge >= 0.3 is 0 Å². The second kappa shape index (κ2) is 5.81. The first kappa shape index (κ1) is 12.1. The second-order valence-corrected chi connectivity index (χ2v) is 4.58. The van der Waals surface area contributed by atoms with E-state index in [4.69, 9.17) is 10.4 Å². The molecule has 17 heavy (non-hydrogen) atoms. The highest BCUT2D eigenvalue weighted by atomic mass is 16.3.